The second-order valence-electron chi connectivity index (χ2n) is 5.28. The van der Waals surface area contributed by atoms with E-state index in [1.54, 1.807) is 41.3 Å². The number of amides is 2. The molecule has 0 radical (unpaired) electrons. The molecule has 0 atom stereocenters. The van der Waals surface area contributed by atoms with Crippen LogP contribution in [0.4, 0.5) is 11.4 Å². The van der Waals surface area contributed by atoms with Crippen molar-refractivity contribution in [2.45, 2.75) is 12.8 Å². The molecule has 118 valence electrons. The Morgan fingerprint density at radius 1 is 1.22 bits per heavy atom. The van der Waals surface area contributed by atoms with Gasteiger partial charge in [-0.25, -0.2) is 0 Å². The summed E-state index contributed by atoms with van der Waals surface area (Å²) >= 11 is 9.62. The molecule has 1 heterocycles. The SMILES string of the molecule is O=C(Nc1ccc(N2CCCC2=O)c(Cl)c1)c1cccc(Br)c1. The minimum Gasteiger partial charge on any atom is -0.322 e. The van der Waals surface area contributed by atoms with Crippen molar-refractivity contribution in [2.24, 2.45) is 0 Å². The molecule has 0 aromatic heterocycles. The van der Waals surface area contributed by atoms with Gasteiger partial charge in [-0.2, -0.15) is 0 Å². The molecule has 0 aliphatic carbocycles. The first-order valence-corrected chi connectivity index (χ1v) is 8.38. The van der Waals surface area contributed by atoms with Gasteiger partial charge in [0.15, 0.2) is 0 Å². The zero-order valence-electron chi connectivity index (χ0n) is 12.2. The summed E-state index contributed by atoms with van der Waals surface area (Å²) in [4.78, 5) is 25.7. The van der Waals surface area contributed by atoms with Crippen molar-refractivity contribution < 1.29 is 9.59 Å². The predicted octanol–water partition coefficient (Wildman–Crippen LogP) is 4.48. The van der Waals surface area contributed by atoms with Crippen LogP contribution in [0.15, 0.2) is 46.9 Å². The van der Waals surface area contributed by atoms with Crippen LogP contribution in [0.5, 0.6) is 0 Å². The molecule has 23 heavy (non-hydrogen) atoms. The van der Waals surface area contributed by atoms with Crippen LogP contribution in [0.3, 0.4) is 0 Å². The number of nitrogens with one attached hydrogen (secondary N) is 1. The van der Waals surface area contributed by atoms with Crippen molar-refractivity contribution in [3.63, 3.8) is 0 Å². The standard InChI is InChI=1S/C17H14BrClN2O2/c18-12-4-1-3-11(9-12)17(23)20-13-6-7-15(14(19)10-13)21-8-2-5-16(21)22/h1,3-4,6-7,9-10H,2,5,8H2,(H,20,23). The van der Waals surface area contributed by atoms with Gasteiger partial charge < -0.3 is 10.2 Å². The Morgan fingerprint density at radius 2 is 2.04 bits per heavy atom. The molecule has 2 aromatic carbocycles. The highest BCUT2D eigenvalue weighted by molar-refractivity contribution is 9.10. The number of rotatable bonds is 3. The van der Waals surface area contributed by atoms with E-state index in [4.69, 9.17) is 11.6 Å². The third-order valence-electron chi connectivity index (χ3n) is 3.66. The van der Waals surface area contributed by atoms with Gasteiger partial charge >= 0.3 is 0 Å². The Morgan fingerprint density at radius 3 is 2.70 bits per heavy atom. The molecule has 0 saturated carbocycles. The van der Waals surface area contributed by atoms with E-state index >= 15 is 0 Å². The second kappa shape index (κ2) is 6.72. The third kappa shape index (κ3) is 3.57. The van der Waals surface area contributed by atoms with Gasteiger partial charge in [0.25, 0.3) is 5.91 Å². The number of anilines is 2. The Hall–Kier alpha value is -1.85. The summed E-state index contributed by atoms with van der Waals surface area (Å²) in [5.74, 6) is -0.134. The van der Waals surface area contributed by atoms with Crippen molar-refractivity contribution in [3.05, 3.63) is 57.5 Å². The number of carbonyl (C=O) groups is 2. The Balaban J connectivity index is 1.78. The highest BCUT2D eigenvalue weighted by atomic mass is 79.9. The summed E-state index contributed by atoms with van der Waals surface area (Å²) in [6.45, 7) is 0.683. The van der Waals surface area contributed by atoms with Crippen LogP contribution in [-0.2, 0) is 4.79 Å². The molecule has 1 aliphatic rings. The zero-order valence-corrected chi connectivity index (χ0v) is 14.5. The maximum absolute atomic E-state index is 12.2. The fourth-order valence-electron chi connectivity index (χ4n) is 2.54. The molecule has 1 aliphatic heterocycles. The van der Waals surface area contributed by atoms with Crippen LogP contribution < -0.4 is 10.2 Å². The lowest BCUT2D eigenvalue weighted by atomic mass is 10.2. The fourth-order valence-corrected chi connectivity index (χ4v) is 3.22. The molecule has 1 N–H and O–H groups in total. The van der Waals surface area contributed by atoms with E-state index in [2.05, 4.69) is 21.2 Å². The lowest BCUT2D eigenvalue weighted by Gasteiger charge is -2.18. The van der Waals surface area contributed by atoms with Gasteiger partial charge in [-0.3, -0.25) is 9.59 Å². The molecule has 6 heteroatoms. The summed E-state index contributed by atoms with van der Waals surface area (Å²) in [5.41, 5.74) is 1.83. The normalized spacial score (nSPS) is 14.2. The van der Waals surface area contributed by atoms with Gasteiger partial charge in [0.2, 0.25) is 5.91 Å². The molecule has 1 saturated heterocycles. The Bertz CT molecular complexity index is 779. The molecule has 3 rings (SSSR count). The van der Waals surface area contributed by atoms with E-state index in [9.17, 15) is 9.59 Å². The van der Waals surface area contributed by atoms with Crippen LogP contribution >= 0.6 is 27.5 Å². The van der Waals surface area contributed by atoms with Crippen LogP contribution in [0.25, 0.3) is 0 Å². The summed E-state index contributed by atoms with van der Waals surface area (Å²) < 4.78 is 0.839. The molecule has 0 spiro atoms. The lowest BCUT2D eigenvalue weighted by Crippen LogP contribution is -2.24. The maximum atomic E-state index is 12.2. The van der Waals surface area contributed by atoms with E-state index in [1.807, 2.05) is 6.07 Å². The number of nitrogens with zero attached hydrogens (tertiary/aromatic N) is 1. The molecule has 4 nitrogen and oxygen atoms in total. The fraction of sp³-hybridized carbons (Fsp3) is 0.176. The quantitative estimate of drug-likeness (QED) is 0.836. The number of halogens is 2. The summed E-state index contributed by atoms with van der Waals surface area (Å²) in [6, 6.07) is 12.3. The Kier molecular flexibility index (Phi) is 4.68. The van der Waals surface area contributed by atoms with Crippen LogP contribution in [-0.4, -0.2) is 18.4 Å². The number of hydrogen-bond donors (Lipinski definition) is 1. The van der Waals surface area contributed by atoms with Crippen molar-refractivity contribution in [1.29, 1.82) is 0 Å². The van der Waals surface area contributed by atoms with E-state index in [0.717, 1.165) is 10.9 Å². The van der Waals surface area contributed by atoms with Crippen LogP contribution in [0.1, 0.15) is 23.2 Å². The number of carbonyl (C=O) groups excluding carboxylic acids is 2. The van der Waals surface area contributed by atoms with Crippen molar-refractivity contribution in [2.75, 3.05) is 16.8 Å². The lowest BCUT2D eigenvalue weighted by molar-refractivity contribution is -0.117. The average Bonchev–Trinajstić information content (AvgIpc) is 2.93. The first kappa shape index (κ1) is 16.0. The first-order chi connectivity index (χ1) is 11.0. The minimum atomic E-state index is -0.215. The Labute approximate surface area is 147 Å². The maximum Gasteiger partial charge on any atom is 0.255 e. The highest BCUT2D eigenvalue weighted by Gasteiger charge is 2.23. The van der Waals surface area contributed by atoms with Gasteiger partial charge in [0.1, 0.15) is 0 Å². The molecular formula is C17H14BrClN2O2. The predicted molar refractivity (Wildman–Crippen MR) is 95.1 cm³/mol. The monoisotopic (exact) mass is 392 g/mol. The van der Waals surface area contributed by atoms with Gasteiger partial charge in [-0.1, -0.05) is 33.6 Å². The zero-order chi connectivity index (χ0) is 16.4. The summed E-state index contributed by atoms with van der Waals surface area (Å²) in [6.07, 6.45) is 1.40. The summed E-state index contributed by atoms with van der Waals surface area (Å²) in [5, 5.41) is 3.26. The van der Waals surface area contributed by atoms with Crippen LogP contribution in [0.2, 0.25) is 5.02 Å². The third-order valence-corrected chi connectivity index (χ3v) is 4.45. The van der Waals surface area contributed by atoms with Crippen LogP contribution in [0, 0.1) is 0 Å². The second-order valence-corrected chi connectivity index (χ2v) is 6.60. The molecule has 2 aromatic rings. The van der Waals surface area contributed by atoms with E-state index in [1.165, 1.54) is 0 Å². The van der Waals surface area contributed by atoms with E-state index in [0.29, 0.717) is 34.9 Å². The average molecular weight is 394 g/mol. The molecule has 0 bridgehead atoms. The van der Waals surface area contributed by atoms with Gasteiger partial charge in [0, 0.05) is 28.7 Å². The van der Waals surface area contributed by atoms with E-state index < -0.39 is 0 Å². The molecular weight excluding hydrogens is 380 g/mol. The van der Waals surface area contributed by atoms with Crippen molar-refractivity contribution in [1.82, 2.24) is 0 Å². The summed E-state index contributed by atoms with van der Waals surface area (Å²) in [7, 11) is 0. The number of hydrogen-bond acceptors (Lipinski definition) is 2. The van der Waals surface area contributed by atoms with Crippen molar-refractivity contribution >= 4 is 50.7 Å². The highest BCUT2D eigenvalue weighted by Crippen LogP contribution is 2.31. The topological polar surface area (TPSA) is 49.4 Å². The number of benzene rings is 2. The minimum absolute atomic E-state index is 0.0813. The van der Waals surface area contributed by atoms with E-state index in [-0.39, 0.29) is 11.8 Å². The van der Waals surface area contributed by atoms with Gasteiger partial charge in [-0.05, 0) is 42.8 Å². The van der Waals surface area contributed by atoms with Gasteiger partial charge in [0.05, 0.1) is 10.7 Å². The molecule has 0 unspecified atom stereocenters. The molecule has 2 amide bonds. The molecule has 1 fully saturated rings. The van der Waals surface area contributed by atoms with Crippen molar-refractivity contribution in [3.8, 4) is 0 Å². The first-order valence-electron chi connectivity index (χ1n) is 7.21. The van der Waals surface area contributed by atoms with Gasteiger partial charge in [-0.15, -0.1) is 0 Å². The smallest absolute Gasteiger partial charge is 0.255 e. The largest absolute Gasteiger partial charge is 0.322 e.